The second-order valence-corrected chi connectivity index (χ2v) is 15.5. The number of carboxylic acids is 1. The van der Waals surface area contributed by atoms with E-state index in [2.05, 4.69) is 10.2 Å². The molecule has 0 aliphatic carbocycles. The quantitative estimate of drug-likeness (QED) is 0.0856. The minimum atomic E-state index is -1.31. The molecule has 11 nitrogen and oxygen atoms in total. The van der Waals surface area contributed by atoms with Crippen LogP contribution in [0, 0.1) is 5.92 Å². The number of rotatable bonds is 15. The van der Waals surface area contributed by atoms with Gasteiger partial charge in [-0.15, -0.1) is 0 Å². The molecule has 2 bridgehead atoms. The van der Waals surface area contributed by atoms with Crippen molar-refractivity contribution in [1.82, 2.24) is 10.2 Å². The van der Waals surface area contributed by atoms with Crippen LogP contribution in [-0.4, -0.2) is 62.1 Å². The molecule has 3 aliphatic rings. The highest BCUT2D eigenvalue weighted by Crippen LogP contribution is 2.42. The van der Waals surface area contributed by atoms with Crippen LogP contribution < -0.4 is 29.4 Å². The zero-order valence-corrected chi connectivity index (χ0v) is 33.7. The van der Waals surface area contributed by atoms with Gasteiger partial charge in [0.05, 0.1) is 20.3 Å². The number of piperidine rings is 3. The summed E-state index contributed by atoms with van der Waals surface area (Å²) >= 11 is 13.1. The second-order valence-electron chi connectivity index (χ2n) is 14.7. The van der Waals surface area contributed by atoms with Crippen molar-refractivity contribution in [2.75, 3.05) is 33.9 Å². The number of pyridine rings is 1. The van der Waals surface area contributed by atoms with E-state index in [-0.39, 0.29) is 29.2 Å². The summed E-state index contributed by atoms with van der Waals surface area (Å²) in [6, 6.07) is 29.1. The van der Waals surface area contributed by atoms with E-state index < -0.39 is 29.9 Å². The lowest BCUT2D eigenvalue weighted by molar-refractivity contribution is -0.904. The second kappa shape index (κ2) is 18.4. The molecule has 3 fully saturated rings. The van der Waals surface area contributed by atoms with Gasteiger partial charge in [-0.25, -0.2) is 4.79 Å². The zero-order valence-electron chi connectivity index (χ0n) is 32.2. The standard InChI is InChI=1S/C45H45Cl2N3O8/c1-55-39-15-14-31(22-40(39)56-2)35(23-36-37(46)24-50(54)25-38(36)47)42(44(51)52)32-11-6-8-28(20-32)27-57-34-13-7-12-33(21-34)43(30-9-4-3-5-10-30)48-45(53)58-41-26-49-18-16-29(41)17-19-49/h3-15,20-22,24-25,29,35,41-43H,16-19,23,26-27H2,1-2H3,(H2-,48,51,52,53,54)/t35-,41+,42?,43+/m1/s1. The predicted octanol–water partition coefficient (Wildman–Crippen LogP) is 6.88. The first kappa shape index (κ1) is 40.7. The number of carbonyl (C=O) groups is 2. The van der Waals surface area contributed by atoms with Gasteiger partial charge in [0, 0.05) is 34.6 Å². The lowest BCUT2D eigenvalue weighted by Gasteiger charge is -2.43. The molecule has 0 radical (unpaired) electrons. The zero-order chi connectivity index (χ0) is 40.8. The fourth-order valence-corrected chi connectivity index (χ4v) is 8.77. The summed E-state index contributed by atoms with van der Waals surface area (Å²) in [5, 5.41) is 26.6. The van der Waals surface area contributed by atoms with Gasteiger partial charge >= 0.3 is 6.09 Å². The van der Waals surface area contributed by atoms with Crippen molar-refractivity contribution in [3.05, 3.63) is 153 Å². The summed E-state index contributed by atoms with van der Waals surface area (Å²) in [6.07, 6.45) is 4.16. The van der Waals surface area contributed by atoms with Gasteiger partial charge in [-0.2, -0.15) is 0 Å². The molecule has 302 valence electrons. The van der Waals surface area contributed by atoms with Gasteiger partial charge in [0.25, 0.3) is 0 Å². The Labute approximate surface area is 347 Å². The highest BCUT2D eigenvalue weighted by molar-refractivity contribution is 6.35. The Bertz CT molecular complexity index is 2210. The molecule has 0 spiro atoms. The molecular weight excluding hydrogens is 781 g/mol. The highest BCUT2D eigenvalue weighted by Gasteiger charge is 2.37. The molecule has 2 N–H and O–H groups in total. The summed E-state index contributed by atoms with van der Waals surface area (Å²) in [5.41, 5.74) is 3.97. The fraction of sp³-hybridized carbons (Fsp3) is 0.311. The molecule has 1 aromatic heterocycles. The Morgan fingerprint density at radius 2 is 1.53 bits per heavy atom. The van der Waals surface area contributed by atoms with Crippen molar-refractivity contribution >= 4 is 35.3 Å². The van der Waals surface area contributed by atoms with Gasteiger partial charge < -0.3 is 34.2 Å². The number of aliphatic carboxylic acids is 1. The molecule has 8 rings (SSSR count). The summed E-state index contributed by atoms with van der Waals surface area (Å²) in [4.78, 5) is 28.9. The molecule has 5 aromatic rings. The number of carboxylic acid groups (broad SMARTS) is 1. The molecule has 1 unspecified atom stereocenters. The van der Waals surface area contributed by atoms with E-state index in [1.807, 2.05) is 60.7 Å². The van der Waals surface area contributed by atoms with Crippen LogP contribution in [-0.2, 0) is 22.6 Å². The van der Waals surface area contributed by atoms with Crippen LogP contribution in [0.3, 0.4) is 0 Å². The number of aromatic nitrogens is 1. The Morgan fingerprint density at radius 1 is 0.845 bits per heavy atom. The molecule has 4 heterocycles. The summed E-state index contributed by atoms with van der Waals surface area (Å²) < 4.78 is 24.1. The number of carbonyl (C=O) groups excluding carboxylic acids is 2. The first-order valence-corrected chi connectivity index (χ1v) is 19.9. The van der Waals surface area contributed by atoms with Crippen LogP contribution in [0.4, 0.5) is 4.79 Å². The van der Waals surface area contributed by atoms with Gasteiger partial charge in [-0.05, 0) is 90.4 Å². The average molecular weight is 827 g/mol. The van der Waals surface area contributed by atoms with E-state index in [0.717, 1.165) is 53.9 Å². The highest BCUT2D eigenvalue weighted by atomic mass is 35.5. The smallest absolute Gasteiger partial charge is 0.408 e. The molecule has 0 saturated carbocycles. The number of alkyl carbamates (subject to hydrolysis) is 1. The number of nitrogens with zero attached hydrogens (tertiary/aromatic N) is 2. The van der Waals surface area contributed by atoms with Crippen LogP contribution in [0.2, 0.25) is 10.0 Å². The lowest BCUT2D eigenvalue weighted by Crippen LogP contribution is -2.52. The summed E-state index contributed by atoms with van der Waals surface area (Å²) in [7, 11) is 3.02. The van der Waals surface area contributed by atoms with Crippen molar-refractivity contribution in [2.45, 2.75) is 49.9 Å². The number of amides is 1. The summed E-state index contributed by atoms with van der Waals surface area (Å²) in [6.45, 7) is 2.99. The van der Waals surface area contributed by atoms with Gasteiger partial charge in [-0.1, -0.05) is 96.0 Å². The van der Waals surface area contributed by atoms with Crippen molar-refractivity contribution < 1.29 is 43.6 Å². The number of fused-ring (bicyclic) bond motifs is 3. The minimum Gasteiger partial charge on any atom is -0.549 e. The van der Waals surface area contributed by atoms with Crippen LogP contribution in [0.15, 0.2) is 109 Å². The Morgan fingerprint density at radius 3 is 2.21 bits per heavy atom. The number of methoxy groups -OCH3 is 2. The van der Waals surface area contributed by atoms with Crippen LogP contribution >= 0.6 is 23.2 Å². The average Bonchev–Trinajstić information content (AvgIpc) is 3.23. The molecule has 3 aliphatic heterocycles. The van der Waals surface area contributed by atoms with E-state index in [1.54, 1.807) is 36.4 Å². The number of hydrogen-bond donors (Lipinski definition) is 2. The minimum absolute atomic E-state index is 0.0873. The number of benzene rings is 4. The third-order valence-corrected chi connectivity index (χ3v) is 11.8. The topological polar surface area (TPSA) is 134 Å². The monoisotopic (exact) mass is 825 g/mol. The normalized spacial score (nSPS) is 18.7. The van der Waals surface area contributed by atoms with E-state index in [1.165, 1.54) is 26.6 Å². The maximum absolute atomic E-state index is 13.4. The molecule has 4 aromatic carbocycles. The first-order valence-electron chi connectivity index (χ1n) is 19.2. The predicted molar refractivity (Wildman–Crippen MR) is 216 cm³/mol. The van der Waals surface area contributed by atoms with E-state index in [0.29, 0.717) is 39.9 Å². The molecular formula is C45H45Cl2N3O8. The number of ether oxygens (including phenoxy) is 4. The third kappa shape index (κ3) is 9.44. The molecule has 3 saturated heterocycles. The van der Waals surface area contributed by atoms with Gasteiger partial charge in [0.1, 0.15) is 28.5 Å². The van der Waals surface area contributed by atoms with Crippen LogP contribution in [0.5, 0.6) is 17.2 Å². The van der Waals surface area contributed by atoms with Gasteiger partial charge in [0.15, 0.2) is 11.5 Å². The van der Waals surface area contributed by atoms with Crippen molar-refractivity contribution in [3.63, 3.8) is 0 Å². The van der Waals surface area contributed by atoms with E-state index in [9.17, 15) is 19.9 Å². The Balaban J connectivity index is 1.13. The van der Waals surface area contributed by atoms with Crippen molar-refractivity contribution in [1.29, 1.82) is 0 Å². The maximum atomic E-state index is 13.4. The maximum Gasteiger partial charge on any atom is 0.408 e. The van der Waals surface area contributed by atoms with Crippen LogP contribution in [0.25, 0.3) is 0 Å². The summed E-state index contributed by atoms with van der Waals surface area (Å²) in [5.74, 6) is -1.39. The van der Waals surface area contributed by atoms with Crippen molar-refractivity contribution in [2.24, 2.45) is 5.92 Å². The van der Waals surface area contributed by atoms with Gasteiger partial charge in [0.2, 0.25) is 12.4 Å². The first-order chi connectivity index (χ1) is 28.1. The molecule has 13 heteroatoms. The van der Waals surface area contributed by atoms with Gasteiger partial charge in [-0.3, -0.25) is 10.1 Å². The Hall–Kier alpha value is -5.49. The number of hydrogen-bond acceptors (Lipinski definition) is 9. The number of nitrogens with one attached hydrogen (secondary N) is 1. The van der Waals surface area contributed by atoms with E-state index in [4.69, 9.17) is 42.1 Å². The molecule has 4 atom stereocenters. The Kier molecular flexibility index (Phi) is 12.9. The lowest BCUT2D eigenvalue weighted by atomic mass is 9.77. The third-order valence-electron chi connectivity index (χ3n) is 11.1. The molecule has 1 amide bonds. The van der Waals surface area contributed by atoms with E-state index >= 15 is 0 Å². The molecule has 58 heavy (non-hydrogen) atoms. The van der Waals surface area contributed by atoms with Crippen LogP contribution in [0.1, 0.15) is 64.1 Å². The SMILES string of the molecule is COc1ccc([C@@H](Cc2c(Cl)c[n+](O)cc2Cl)C(C(=O)[O-])c2cccc(COc3cccc([C@@H](NC(=O)O[C@H]4CN5CCC4CC5)c4ccccc4)c3)c2)cc1OC. The number of halogens is 2. The largest absolute Gasteiger partial charge is 0.549 e. The fourth-order valence-electron chi connectivity index (χ4n) is 8.16. The van der Waals surface area contributed by atoms with Crippen molar-refractivity contribution in [3.8, 4) is 17.2 Å².